The van der Waals surface area contributed by atoms with E-state index in [4.69, 9.17) is 4.55 Å². The van der Waals surface area contributed by atoms with Gasteiger partial charge in [-0.1, -0.05) is 44.2 Å². The van der Waals surface area contributed by atoms with E-state index in [1.165, 1.54) is 6.07 Å². The van der Waals surface area contributed by atoms with Gasteiger partial charge in [0.2, 0.25) is 5.69 Å². The Bertz CT molecular complexity index is 2080. The standard InChI is InChI=1S/C37H44N2O10S2.Na/c1-36(2)28-24-26(34(40)41)16-18-30(28)38(20-10-12-22-50(44,45)46)32(36)14-8-6-5-7-9-15-33-37(3,4)29-25-27(35(42)43)17-19-31(29)39(33)21-11-13-23-51(47,48)49;/h5-9,14-19,24-25H,10-13,20-23H2,1-4H3,(H3-,40,41,42,43,44,45,46,47,48,49);. The number of fused-ring (bicyclic) bond motifs is 2. The van der Waals surface area contributed by atoms with Crippen molar-refractivity contribution in [2.45, 2.75) is 64.2 Å². The Kier molecular flexibility index (Phi) is 14.2. The van der Waals surface area contributed by atoms with Crippen molar-refractivity contribution >= 4 is 78.8 Å². The van der Waals surface area contributed by atoms with Gasteiger partial charge >= 0.3 is 11.9 Å². The molecular formula is C37H44N2NaO10S2. The van der Waals surface area contributed by atoms with Crippen LogP contribution in [0.4, 0.5) is 11.4 Å². The van der Waals surface area contributed by atoms with Crippen LogP contribution in [0.2, 0.25) is 0 Å². The maximum atomic E-state index is 11.7. The Morgan fingerprint density at radius 2 is 1.37 bits per heavy atom. The van der Waals surface area contributed by atoms with Crippen LogP contribution in [0.15, 0.2) is 84.6 Å². The number of hydrogen-bond donors (Lipinski definition) is 3. The molecule has 2 aromatic carbocycles. The summed E-state index contributed by atoms with van der Waals surface area (Å²) in [5.41, 5.74) is 4.31. The number of hydrogen-bond acceptors (Lipinski definition) is 8. The first-order valence-electron chi connectivity index (χ1n) is 16.5. The summed E-state index contributed by atoms with van der Waals surface area (Å²) < 4.78 is 67.1. The van der Waals surface area contributed by atoms with Crippen LogP contribution in [0.3, 0.4) is 0 Å². The maximum absolute atomic E-state index is 11.7. The first kappa shape index (κ1) is 43.0. The molecule has 2 aliphatic rings. The van der Waals surface area contributed by atoms with Gasteiger partial charge in [-0.25, -0.2) is 18.0 Å². The zero-order valence-electron chi connectivity index (χ0n) is 30.1. The number of aromatic carboxylic acids is 2. The quantitative estimate of drug-likeness (QED) is 0.0650. The van der Waals surface area contributed by atoms with Crippen molar-refractivity contribution < 1.29 is 50.3 Å². The first-order valence-corrected chi connectivity index (χ1v) is 19.7. The molecule has 4 rings (SSSR count). The fourth-order valence-corrected chi connectivity index (χ4v) is 7.81. The van der Waals surface area contributed by atoms with Gasteiger partial charge in [0, 0.05) is 82.8 Å². The second kappa shape index (κ2) is 17.2. The summed E-state index contributed by atoms with van der Waals surface area (Å²) in [4.78, 5) is 25.5. The summed E-state index contributed by atoms with van der Waals surface area (Å²) in [5.74, 6) is -2.87. The number of rotatable bonds is 16. The van der Waals surface area contributed by atoms with Gasteiger partial charge in [0.05, 0.1) is 32.4 Å². The maximum Gasteiger partial charge on any atom is 0.335 e. The number of benzene rings is 2. The number of carboxylic acid groups (broad SMARTS) is 2. The molecule has 52 heavy (non-hydrogen) atoms. The third-order valence-corrected chi connectivity index (χ3v) is 10.9. The molecule has 1 radical (unpaired) electrons. The number of anilines is 1. The Morgan fingerprint density at radius 1 is 0.788 bits per heavy atom. The van der Waals surface area contributed by atoms with Crippen molar-refractivity contribution in [3.8, 4) is 0 Å². The predicted octanol–water partition coefficient (Wildman–Crippen LogP) is 5.42. The number of allylic oxidation sites excluding steroid dienone is 8. The molecule has 12 nitrogen and oxygen atoms in total. The fraction of sp³-hybridized carbons (Fsp3) is 0.378. The summed E-state index contributed by atoms with van der Waals surface area (Å²) in [6, 6.07) is 9.91. The van der Waals surface area contributed by atoms with Crippen LogP contribution in [-0.2, 0) is 31.1 Å². The minimum atomic E-state index is -4.33. The van der Waals surface area contributed by atoms with Crippen molar-refractivity contribution in [3.63, 3.8) is 0 Å². The van der Waals surface area contributed by atoms with Gasteiger partial charge in [-0.05, 0) is 75.1 Å². The van der Waals surface area contributed by atoms with Crippen molar-refractivity contribution in [2.24, 2.45) is 0 Å². The summed E-state index contributed by atoms with van der Waals surface area (Å²) in [5, 5.41) is 19.2. The number of carbonyl (C=O) groups is 2. The molecule has 0 spiro atoms. The monoisotopic (exact) mass is 763 g/mol. The summed E-state index contributed by atoms with van der Waals surface area (Å²) in [6.07, 6.45) is 14.5. The zero-order valence-corrected chi connectivity index (χ0v) is 33.7. The molecule has 0 amide bonds. The molecule has 0 fully saturated rings. The zero-order chi connectivity index (χ0) is 37.8. The van der Waals surface area contributed by atoms with E-state index in [0.717, 1.165) is 33.9 Å². The molecule has 0 saturated carbocycles. The van der Waals surface area contributed by atoms with Crippen LogP contribution in [0.25, 0.3) is 0 Å². The van der Waals surface area contributed by atoms with Gasteiger partial charge in [0.15, 0.2) is 5.71 Å². The molecule has 2 heterocycles. The van der Waals surface area contributed by atoms with Crippen LogP contribution in [0.1, 0.15) is 85.2 Å². The minimum absolute atomic E-state index is 0. The minimum Gasteiger partial charge on any atom is -0.748 e. The molecule has 275 valence electrons. The van der Waals surface area contributed by atoms with E-state index in [1.54, 1.807) is 30.3 Å². The molecule has 2 aromatic rings. The van der Waals surface area contributed by atoms with E-state index in [1.807, 2.05) is 79.7 Å². The Labute approximate surface area is 327 Å². The summed E-state index contributed by atoms with van der Waals surface area (Å²) >= 11 is 0. The van der Waals surface area contributed by atoms with E-state index in [2.05, 4.69) is 0 Å². The van der Waals surface area contributed by atoms with Crippen LogP contribution >= 0.6 is 0 Å². The Hall–Kier alpha value is -3.37. The topological polar surface area (TPSA) is 192 Å². The van der Waals surface area contributed by atoms with Crippen LogP contribution in [0.5, 0.6) is 0 Å². The van der Waals surface area contributed by atoms with Crippen molar-refractivity contribution in [1.29, 1.82) is 0 Å². The molecule has 0 unspecified atom stereocenters. The van der Waals surface area contributed by atoms with Gasteiger partial charge in [0.25, 0.3) is 10.1 Å². The molecule has 0 atom stereocenters. The Balaban J connectivity index is 0.00000729. The SMILES string of the molecule is CC1(C)C(/C=C/C=C/C=C/C=C2\N(CCCCS(=O)(=O)[O-])c3ccc(C(=O)O)cc3C2(C)C)=[N+](CCCCS(=O)(=O)O)c2ccc(C(=O)O)cc21.[Na]. The smallest absolute Gasteiger partial charge is 0.335 e. The third kappa shape index (κ3) is 10.4. The van der Waals surface area contributed by atoms with Gasteiger partial charge in [-0.2, -0.15) is 13.0 Å². The first-order chi connectivity index (χ1) is 23.7. The second-order valence-electron chi connectivity index (χ2n) is 13.7. The molecule has 3 N–H and O–H groups in total. The van der Waals surface area contributed by atoms with E-state index < -0.39 is 48.8 Å². The average molecular weight is 764 g/mol. The van der Waals surface area contributed by atoms with E-state index in [0.29, 0.717) is 25.9 Å². The largest absolute Gasteiger partial charge is 0.748 e. The van der Waals surface area contributed by atoms with Crippen molar-refractivity contribution in [1.82, 2.24) is 0 Å². The molecule has 15 heteroatoms. The number of carboxylic acids is 2. The van der Waals surface area contributed by atoms with Gasteiger partial charge in [0.1, 0.15) is 6.54 Å². The fourth-order valence-electron chi connectivity index (χ4n) is 6.69. The molecule has 0 saturated heterocycles. The van der Waals surface area contributed by atoms with E-state index >= 15 is 0 Å². The summed E-state index contributed by atoms with van der Waals surface area (Å²) in [6.45, 7) is 8.88. The van der Waals surface area contributed by atoms with Crippen LogP contribution in [0, 0.1) is 0 Å². The number of nitrogens with zero attached hydrogens (tertiary/aromatic N) is 2. The predicted molar refractivity (Wildman–Crippen MR) is 201 cm³/mol. The normalized spacial score (nSPS) is 17.3. The molecular weight excluding hydrogens is 720 g/mol. The van der Waals surface area contributed by atoms with Gasteiger partial charge in [-0.3, -0.25) is 4.55 Å². The van der Waals surface area contributed by atoms with E-state index in [-0.39, 0.29) is 59.3 Å². The molecule has 0 aliphatic carbocycles. The third-order valence-electron chi connectivity index (χ3n) is 9.29. The second-order valence-corrected chi connectivity index (χ2v) is 16.8. The van der Waals surface area contributed by atoms with Crippen LogP contribution in [-0.4, -0.2) is 113 Å². The van der Waals surface area contributed by atoms with E-state index in [9.17, 15) is 41.2 Å². The number of unbranched alkanes of at least 4 members (excludes halogenated alkanes) is 2. The average Bonchev–Trinajstić information content (AvgIpc) is 3.37. The van der Waals surface area contributed by atoms with Crippen LogP contribution < -0.4 is 4.90 Å². The molecule has 2 aliphatic heterocycles. The van der Waals surface area contributed by atoms with Gasteiger partial charge in [-0.15, -0.1) is 0 Å². The van der Waals surface area contributed by atoms with Gasteiger partial charge < -0.3 is 19.7 Å². The molecule has 0 aromatic heterocycles. The van der Waals surface area contributed by atoms with Crippen molar-refractivity contribution in [3.05, 3.63) is 107 Å². The Morgan fingerprint density at radius 3 is 1.98 bits per heavy atom. The summed E-state index contributed by atoms with van der Waals surface area (Å²) in [7, 11) is -8.41. The van der Waals surface area contributed by atoms with Crippen molar-refractivity contribution in [2.75, 3.05) is 29.5 Å². The molecule has 0 bridgehead atoms.